The topological polar surface area (TPSA) is 37.0 Å². The van der Waals surface area contributed by atoms with E-state index in [1.54, 1.807) is 0 Å². The van der Waals surface area contributed by atoms with Gasteiger partial charge >= 0.3 is 0 Å². The van der Waals surface area contributed by atoms with Gasteiger partial charge in [-0.2, -0.15) is 0 Å². The van der Waals surface area contributed by atoms with E-state index in [4.69, 9.17) is 0 Å². The molecule has 0 aliphatic heterocycles. The monoisotopic (exact) mass is 269 g/mol. The van der Waals surface area contributed by atoms with Gasteiger partial charge < -0.3 is 10.6 Å². The molecule has 0 aromatic carbocycles. The van der Waals surface area contributed by atoms with Crippen molar-refractivity contribution in [1.29, 1.82) is 0 Å². The van der Waals surface area contributed by atoms with Crippen molar-refractivity contribution in [2.45, 2.75) is 45.6 Å². The van der Waals surface area contributed by atoms with E-state index in [0.717, 1.165) is 18.9 Å². The van der Waals surface area contributed by atoms with Crippen LogP contribution >= 0.6 is 0 Å². The molecule has 5 heteroatoms. The molecule has 1 aliphatic rings. The van der Waals surface area contributed by atoms with E-state index in [-0.39, 0.29) is 17.7 Å². The fourth-order valence-electron chi connectivity index (χ4n) is 2.65. The van der Waals surface area contributed by atoms with Gasteiger partial charge in [0.15, 0.2) is 23.3 Å². The second-order valence-corrected chi connectivity index (χ2v) is 5.16. The van der Waals surface area contributed by atoms with E-state index in [1.165, 1.54) is 12.8 Å². The van der Waals surface area contributed by atoms with Gasteiger partial charge in [-0.15, -0.1) is 0 Å². The highest BCUT2D eigenvalue weighted by Crippen LogP contribution is 2.29. The lowest BCUT2D eigenvalue weighted by Crippen LogP contribution is -2.25. The van der Waals surface area contributed by atoms with Crippen LogP contribution in [0.4, 0.5) is 20.4 Å². The molecule has 2 rings (SSSR count). The summed E-state index contributed by atoms with van der Waals surface area (Å²) >= 11 is 0. The molecular formula is C14H21F2N3. The van der Waals surface area contributed by atoms with Gasteiger partial charge in [0, 0.05) is 18.7 Å². The molecule has 1 saturated carbocycles. The first kappa shape index (κ1) is 14.0. The number of hydrogen-bond donors (Lipinski definition) is 2. The fraction of sp³-hybridized carbons (Fsp3) is 0.643. The first-order valence-corrected chi connectivity index (χ1v) is 6.98. The van der Waals surface area contributed by atoms with Gasteiger partial charge in [-0.05, 0) is 32.6 Å². The minimum atomic E-state index is -0.654. The van der Waals surface area contributed by atoms with E-state index in [0.29, 0.717) is 12.5 Å². The summed E-state index contributed by atoms with van der Waals surface area (Å²) in [7, 11) is 0. The van der Waals surface area contributed by atoms with Gasteiger partial charge in [-0.3, -0.25) is 0 Å². The van der Waals surface area contributed by atoms with Crippen LogP contribution in [0.3, 0.4) is 0 Å². The molecule has 0 saturated heterocycles. The number of pyridine rings is 1. The zero-order valence-corrected chi connectivity index (χ0v) is 11.5. The average Bonchev–Trinajstić information content (AvgIpc) is 2.89. The van der Waals surface area contributed by atoms with Crippen molar-refractivity contribution in [3.8, 4) is 0 Å². The molecule has 106 valence electrons. The van der Waals surface area contributed by atoms with Crippen LogP contribution in [0.1, 0.15) is 39.5 Å². The number of hydrogen-bond acceptors (Lipinski definition) is 3. The van der Waals surface area contributed by atoms with Crippen molar-refractivity contribution in [2.24, 2.45) is 5.92 Å². The van der Waals surface area contributed by atoms with Crippen LogP contribution in [-0.2, 0) is 0 Å². The van der Waals surface area contributed by atoms with Gasteiger partial charge in [0.25, 0.3) is 0 Å². The summed E-state index contributed by atoms with van der Waals surface area (Å²) in [6.07, 6.45) is 4.80. The Hall–Kier alpha value is -1.39. The lowest BCUT2D eigenvalue weighted by molar-refractivity contribution is 0.477. The van der Waals surface area contributed by atoms with Gasteiger partial charge in [-0.1, -0.05) is 12.8 Å². The summed E-state index contributed by atoms with van der Waals surface area (Å²) in [5, 5.41) is 5.88. The average molecular weight is 269 g/mol. The van der Waals surface area contributed by atoms with Crippen LogP contribution in [0.15, 0.2) is 6.07 Å². The molecule has 1 aliphatic carbocycles. The highest BCUT2D eigenvalue weighted by atomic mass is 19.1. The first-order valence-electron chi connectivity index (χ1n) is 6.98. The zero-order chi connectivity index (χ0) is 13.8. The summed E-state index contributed by atoms with van der Waals surface area (Å²) in [5.41, 5.74) is 0. The maximum atomic E-state index is 13.7. The maximum absolute atomic E-state index is 13.7. The minimum Gasteiger partial charge on any atom is -0.368 e. The van der Waals surface area contributed by atoms with Crippen LogP contribution < -0.4 is 10.6 Å². The number of nitrogens with zero attached hydrogens (tertiary/aromatic N) is 1. The summed E-state index contributed by atoms with van der Waals surface area (Å²) in [6, 6.07) is 1.04. The molecule has 19 heavy (non-hydrogen) atoms. The van der Waals surface area contributed by atoms with Gasteiger partial charge in [0.1, 0.15) is 0 Å². The molecule has 3 nitrogen and oxygen atoms in total. The van der Waals surface area contributed by atoms with E-state index < -0.39 is 11.6 Å². The van der Waals surface area contributed by atoms with E-state index in [1.807, 2.05) is 13.8 Å². The Morgan fingerprint density at radius 3 is 2.53 bits per heavy atom. The van der Waals surface area contributed by atoms with Gasteiger partial charge in [-0.25, -0.2) is 13.8 Å². The van der Waals surface area contributed by atoms with Crippen LogP contribution in [0, 0.1) is 17.6 Å². The fourth-order valence-corrected chi connectivity index (χ4v) is 2.65. The number of nitrogens with one attached hydrogen (secondary N) is 2. The van der Waals surface area contributed by atoms with E-state index in [2.05, 4.69) is 15.6 Å². The predicted octanol–water partition coefficient (Wildman–Crippen LogP) is 3.78. The smallest absolute Gasteiger partial charge is 0.168 e. The van der Waals surface area contributed by atoms with Crippen molar-refractivity contribution < 1.29 is 8.78 Å². The quantitative estimate of drug-likeness (QED) is 0.854. The molecule has 0 amide bonds. The third kappa shape index (κ3) is 3.33. The highest BCUT2D eigenvalue weighted by molar-refractivity contribution is 5.48. The summed E-state index contributed by atoms with van der Waals surface area (Å²) < 4.78 is 27.2. The Balaban J connectivity index is 2.12. The van der Waals surface area contributed by atoms with E-state index >= 15 is 0 Å². The molecule has 0 radical (unpaired) electrons. The lowest BCUT2D eigenvalue weighted by atomic mass is 10.00. The Kier molecular flexibility index (Phi) is 4.56. The molecule has 2 N–H and O–H groups in total. The summed E-state index contributed by atoms with van der Waals surface area (Å²) in [5.74, 6) is -0.502. The van der Waals surface area contributed by atoms with Crippen molar-refractivity contribution >= 4 is 11.6 Å². The number of rotatable bonds is 5. The second-order valence-electron chi connectivity index (χ2n) is 5.16. The van der Waals surface area contributed by atoms with Crippen molar-refractivity contribution in [3.63, 3.8) is 0 Å². The molecule has 1 fully saturated rings. The van der Waals surface area contributed by atoms with Crippen molar-refractivity contribution in [3.05, 3.63) is 17.7 Å². The largest absolute Gasteiger partial charge is 0.368 e. The third-order valence-electron chi connectivity index (χ3n) is 3.75. The molecular weight excluding hydrogens is 248 g/mol. The standard InChI is InChI=1S/C14H21F2N3/c1-3-17-13-11(15)8-12(16)14(19-13)18-9(2)10-6-4-5-7-10/h8-10H,3-7H2,1-2H3,(H2,17,18,19). The maximum Gasteiger partial charge on any atom is 0.168 e. The number of halogens is 2. The minimum absolute atomic E-state index is 0.102. The Morgan fingerprint density at radius 1 is 1.26 bits per heavy atom. The third-order valence-corrected chi connectivity index (χ3v) is 3.75. The number of aromatic nitrogens is 1. The summed E-state index contributed by atoms with van der Waals surface area (Å²) in [6.45, 7) is 4.43. The Labute approximate surface area is 112 Å². The molecule has 1 aromatic heterocycles. The number of anilines is 2. The first-order chi connectivity index (χ1) is 9.11. The SMILES string of the molecule is CCNc1nc(NC(C)C2CCCC2)c(F)cc1F. The molecule has 1 aromatic rings. The highest BCUT2D eigenvalue weighted by Gasteiger charge is 2.23. The molecule has 1 heterocycles. The summed E-state index contributed by atoms with van der Waals surface area (Å²) in [4.78, 5) is 4.00. The van der Waals surface area contributed by atoms with E-state index in [9.17, 15) is 8.78 Å². The molecule has 1 atom stereocenters. The van der Waals surface area contributed by atoms with Crippen LogP contribution in [0.2, 0.25) is 0 Å². The lowest BCUT2D eigenvalue weighted by Gasteiger charge is -2.21. The van der Waals surface area contributed by atoms with Crippen molar-refractivity contribution in [2.75, 3.05) is 17.2 Å². The second kappa shape index (κ2) is 6.17. The Bertz CT molecular complexity index is 431. The molecule has 1 unspecified atom stereocenters. The predicted molar refractivity (Wildman–Crippen MR) is 73.4 cm³/mol. The normalized spacial score (nSPS) is 17.5. The van der Waals surface area contributed by atoms with Gasteiger partial charge in [0.05, 0.1) is 0 Å². The van der Waals surface area contributed by atoms with Crippen LogP contribution in [0.5, 0.6) is 0 Å². The van der Waals surface area contributed by atoms with Crippen molar-refractivity contribution in [1.82, 2.24) is 4.98 Å². The van der Waals surface area contributed by atoms with Gasteiger partial charge in [0.2, 0.25) is 0 Å². The molecule has 0 bridgehead atoms. The molecule has 0 spiro atoms. The van der Waals surface area contributed by atoms with Crippen LogP contribution in [-0.4, -0.2) is 17.6 Å². The van der Waals surface area contributed by atoms with Crippen LogP contribution in [0.25, 0.3) is 0 Å². The zero-order valence-electron chi connectivity index (χ0n) is 11.5. The Morgan fingerprint density at radius 2 is 1.89 bits per heavy atom.